The standard InChI is InChI=1S/C30H36N4O5/c1-19(2)16-30(39-28(36)37)17-21(24-18-31-13-14-33-24)26(23-9-7-8-12-32-23)34(30)27(35)20-10-11-22(29(3,4)5)25(15-20)38-6/h7-15,18-19,21,26H,16-17H2,1-6H3,(H,36,37)/t21-,26+,30-/m0/s1. The molecule has 206 valence electrons. The summed E-state index contributed by atoms with van der Waals surface area (Å²) < 4.78 is 11.4. The summed E-state index contributed by atoms with van der Waals surface area (Å²) in [5, 5.41) is 9.92. The van der Waals surface area contributed by atoms with Gasteiger partial charge in [0.15, 0.2) is 5.72 Å². The van der Waals surface area contributed by atoms with Crippen molar-refractivity contribution >= 4 is 12.1 Å². The molecule has 1 N–H and O–H groups in total. The fourth-order valence-corrected chi connectivity index (χ4v) is 5.65. The van der Waals surface area contributed by atoms with E-state index in [0.717, 1.165) is 5.56 Å². The minimum absolute atomic E-state index is 0.0162. The summed E-state index contributed by atoms with van der Waals surface area (Å²) in [5.74, 6) is -0.187. The SMILES string of the molecule is COc1cc(C(=O)N2[C@@H](c3ccccn3)[C@H](c3cnccn3)C[C@]2(CC(C)C)OC(=O)O)ccc1C(C)(C)C. The van der Waals surface area contributed by atoms with Crippen LogP contribution < -0.4 is 4.74 Å². The zero-order valence-electron chi connectivity index (χ0n) is 23.3. The van der Waals surface area contributed by atoms with E-state index in [4.69, 9.17) is 9.47 Å². The predicted molar refractivity (Wildman–Crippen MR) is 146 cm³/mol. The molecule has 0 saturated carbocycles. The third-order valence-electron chi connectivity index (χ3n) is 7.07. The molecular weight excluding hydrogens is 496 g/mol. The van der Waals surface area contributed by atoms with Crippen molar-refractivity contribution in [2.75, 3.05) is 7.11 Å². The average Bonchev–Trinajstić information content (AvgIpc) is 3.21. The van der Waals surface area contributed by atoms with E-state index in [1.807, 2.05) is 32.0 Å². The Morgan fingerprint density at radius 1 is 1.10 bits per heavy atom. The Kier molecular flexibility index (Phi) is 7.90. The lowest BCUT2D eigenvalue weighted by Crippen LogP contribution is -2.52. The Morgan fingerprint density at radius 2 is 1.85 bits per heavy atom. The van der Waals surface area contributed by atoms with Gasteiger partial charge >= 0.3 is 6.16 Å². The molecule has 1 fully saturated rings. The van der Waals surface area contributed by atoms with E-state index in [-0.39, 0.29) is 23.7 Å². The Bertz CT molecular complexity index is 1310. The molecule has 2 aromatic heterocycles. The molecule has 1 aliphatic heterocycles. The second-order valence-electron chi connectivity index (χ2n) is 11.4. The molecule has 9 nitrogen and oxygen atoms in total. The van der Waals surface area contributed by atoms with Crippen molar-refractivity contribution in [3.8, 4) is 5.75 Å². The number of pyridine rings is 1. The summed E-state index contributed by atoms with van der Waals surface area (Å²) in [6.07, 6.45) is 5.53. The number of hydrogen-bond acceptors (Lipinski definition) is 7. The van der Waals surface area contributed by atoms with E-state index in [9.17, 15) is 14.7 Å². The highest BCUT2D eigenvalue weighted by Crippen LogP contribution is 2.54. The largest absolute Gasteiger partial charge is 0.507 e. The Balaban J connectivity index is 1.95. The lowest BCUT2D eigenvalue weighted by atomic mass is 9.85. The fraction of sp³-hybridized carbons (Fsp3) is 0.433. The molecule has 39 heavy (non-hydrogen) atoms. The second-order valence-corrected chi connectivity index (χ2v) is 11.4. The second kappa shape index (κ2) is 11.0. The number of methoxy groups -OCH3 is 1. The third-order valence-corrected chi connectivity index (χ3v) is 7.07. The lowest BCUT2D eigenvalue weighted by Gasteiger charge is -2.40. The smallest absolute Gasteiger partial charge is 0.496 e. The predicted octanol–water partition coefficient (Wildman–Crippen LogP) is 5.99. The highest BCUT2D eigenvalue weighted by atomic mass is 16.7. The van der Waals surface area contributed by atoms with Crippen LogP contribution in [0.5, 0.6) is 5.75 Å². The molecule has 0 aliphatic carbocycles. The summed E-state index contributed by atoms with van der Waals surface area (Å²) in [6, 6.07) is 10.2. The number of nitrogens with zero attached hydrogens (tertiary/aromatic N) is 4. The summed E-state index contributed by atoms with van der Waals surface area (Å²) >= 11 is 0. The van der Waals surface area contributed by atoms with Gasteiger partial charge in [-0.3, -0.25) is 24.6 Å². The van der Waals surface area contributed by atoms with Gasteiger partial charge in [0, 0.05) is 49.1 Å². The van der Waals surface area contributed by atoms with Gasteiger partial charge < -0.3 is 14.6 Å². The first-order valence-corrected chi connectivity index (χ1v) is 13.1. The normalized spacial score (nSPS) is 21.2. The molecule has 3 atom stereocenters. The van der Waals surface area contributed by atoms with Crippen molar-refractivity contribution in [2.45, 2.75) is 70.6 Å². The van der Waals surface area contributed by atoms with Gasteiger partial charge in [-0.25, -0.2) is 4.79 Å². The number of carboxylic acid groups (broad SMARTS) is 1. The molecule has 1 aliphatic rings. The molecule has 0 bridgehead atoms. The molecule has 1 amide bonds. The van der Waals surface area contributed by atoms with Crippen LogP contribution in [0.3, 0.4) is 0 Å². The number of rotatable bonds is 7. The van der Waals surface area contributed by atoms with Gasteiger partial charge in [-0.2, -0.15) is 0 Å². The summed E-state index contributed by atoms with van der Waals surface area (Å²) in [6.45, 7) is 10.2. The zero-order chi connectivity index (χ0) is 28.4. The molecule has 1 aromatic carbocycles. The summed E-state index contributed by atoms with van der Waals surface area (Å²) in [4.78, 5) is 41.7. The maximum absolute atomic E-state index is 14.5. The zero-order valence-corrected chi connectivity index (χ0v) is 23.3. The van der Waals surface area contributed by atoms with Crippen molar-refractivity contribution in [1.29, 1.82) is 0 Å². The number of carbonyl (C=O) groups excluding carboxylic acids is 1. The molecule has 1 saturated heterocycles. The highest BCUT2D eigenvalue weighted by molar-refractivity contribution is 5.96. The van der Waals surface area contributed by atoms with Crippen LogP contribution in [0.1, 0.15) is 86.7 Å². The van der Waals surface area contributed by atoms with Gasteiger partial charge in [-0.15, -0.1) is 0 Å². The number of likely N-dealkylation sites (tertiary alicyclic amines) is 1. The minimum Gasteiger partial charge on any atom is -0.496 e. The van der Waals surface area contributed by atoms with Crippen molar-refractivity contribution in [3.63, 3.8) is 0 Å². The van der Waals surface area contributed by atoms with Crippen LogP contribution in [-0.2, 0) is 10.2 Å². The van der Waals surface area contributed by atoms with E-state index in [2.05, 4.69) is 35.7 Å². The van der Waals surface area contributed by atoms with Gasteiger partial charge in [0.2, 0.25) is 0 Å². The molecule has 0 spiro atoms. The molecule has 3 aromatic rings. The van der Waals surface area contributed by atoms with E-state index >= 15 is 0 Å². The third kappa shape index (κ3) is 5.72. The quantitative estimate of drug-likeness (QED) is 0.369. The first-order valence-electron chi connectivity index (χ1n) is 13.1. The van der Waals surface area contributed by atoms with Gasteiger partial charge in [-0.05, 0) is 41.2 Å². The van der Waals surface area contributed by atoms with Gasteiger partial charge in [0.05, 0.1) is 24.5 Å². The molecule has 3 heterocycles. The van der Waals surface area contributed by atoms with Gasteiger partial charge in [0.1, 0.15) is 5.75 Å². The topological polar surface area (TPSA) is 115 Å². The number of aromatic nitrogens is 3. The fourth-order valence-electron chi connectivity index (χ4n) is 5.65. The highest BCUT2D eigenvalue weighted by Gasteiger charge is 2.58. The maximum atomic E-state index is 14.5. The molecule has 4 rings (SSSR count). The maximum Gasteiger partial charge on any atom is 0.507 e. The van der Waals surface area contributed by atoms with Crippen LogP contribution in [0.4, 0.5) is 4.79 Å². The Morgan fingerprint density at radius 3 is 2.41 bits per heavy atom. The van der Waals surface area contributed by atoms with E-state index < -0.39 is 23.8 Å². The Labute approximate surface area is 229 Å². The van der Waals surface area contributed by atoms with E-state index in [1.54, 1.807) is 55.0 Å². The molecule has 9 heteroatoms. The van der Waals surface area contributed by atoms with Crippen LogP contribution >= 0.6 is 0 Å². The van der Waals surface area contributed by atoms with Gasteiger partial charge in [-0.1, -0.05) is 46.8 Å². The number of ether oxygens (including phenoxy) is 2. The molecule has 0 radical (unpaired) electrons. The molecular formula is C30H36N4O5. The van der Waals surface area contributed by atoms with Crippen molar-refractivity contribution < 1.29 is 24.2 Å². The van der Waals surface area contributed by atoms with Crippen LogP contribution in [0.2, 0.25) is 0 Å². The van der Waals surface area contributed by atoms with Crippen LogP contribution in [-0.4, -0.2) is 49.9 Å². The Hall–Kier alpha value is -4.01. The first-order chi connectivity index (χ1) is 18.5. The summed E-state index contributed by atoms with van der Waals surface area (Å²) in [5.41, 5.74) is 0.893. The first kappa shape index (κ1) is 28.0. The van der Waals surface area contributed by atoms with Crippen LogP contribution in [0.15, 0.2) is 61.2 Å². The lowest BCUT2D eigenvalue weighted by molar-refractivity contribution is -0.108. The monoisotopic (exact) mass is 532 g/mol. The van der Waals surface area contributed by atoms with Gasteiger partial charge in [0.25, 0.3) is 5.91 Å². The molecule has 0 unspecified atom stereocenters. The van der Waals surface area contributed by atoms with Crippen molar-refractivity contribution in [3.05, 3.63) is 83.7 Å². The number of carbonyl (C=O) groups is 2. The van der Waals surface area contributed by atoms with Crippen LogP contribution in [0, 0.1) is 5.92 Å². The summed E-state index contributed by atoms with van der Waals surface area (Å²) in [7, 11) is 1.58. The number of amides is 1. The average molecular weight is 533 g/mol. The number of benzene rings is 1. The number of hydrogen-bond donors (Lipinski definition) is 1. The van der Waals surface area contributed by atoms with Crippen LogP contribution in [0.25, 0.3) is 0 Å². The van der Waals surface area contributed by atoms with Crippen molar-refractivity contribution in [1.82, 2.24) is 19.9 Å². The van der Waals surface area contributed by atoms with Crippen molar-refractivity contribution in [2.24, 2.45) is 5.92 Å². The van der Waals surface area contributed by atoms with E-state index in [1.165, 1.54) is 0 Å². The minimum atomic E-state index is -1.46. The van der Waals surface area contributed by atoms with E-state index in [0.29, 0.717) is 29.1 Å².